The molecule has 102 valence electrons. The van der Waals surface area contributed by atoms with Crippen molar-refractivity contribution in [3.05, 3.63) is 45.5 Å². The SMILES string of the molecule is CC1CC(=O)c2cc(F)cc3c(=O)c(C(=O)O)cn1c23. The van der Waals surface area contributed by atoms with Crippen molar-refractivity contribution in [2.75, 3.05) is 0 Å². The highest BCUT2D eigenvalue weighted by atomic mass is 19.1. The summed E-state index contributed by atoms with van der Waals surface area (Å²) in [5.41, 5.74) is -0.751. The molecule has 1 atom stereocenters. The first-order valence-electron chi connectivity index (χ1n) is 6.05. The number of hydrogen-bond acceptors (Lipinski definition) is 3. The van der Waals surface area contributed by atoms with E-state index in [4.69, 9.17) is 5.11 Å². The van der Waals surface area contributed by atoms with Gasteiger partial charge in [-0.25, -0.2) is 9.18 Å². The summed E-state index contributed by atoms with van der Waals surface area (Å²) >= 11 is 0. The van der Waals surface area contributed by atoms with Crippen molar-refractivity contribution in [2.24, 2.45) is 0 Å². The highest BCUT2D eigenvalue weighted by Crippen LogP contribution is 2.30. The summed E-state index contributed by atoms with van der Waals surface area (Å²) in [6.07, 6.45) is 1.37. The van der Waals surface area contributed by atoms with Crippen LogP contribution in [0.2, 0.25) is 0 Å². The van der Waals surface area contributed by atoms with Gasteiger partial charge >= 0.3 is 5.97 Å². The zero-order valence-electron chi connectivity index (χ0n) is 10.5. The average molecular weight is 275 g/mol. The Morgan fingerprint density at radius 1 is 1.40 bits per heavy atom. The van der Waals surface area contributed by atoms with Crippen molar-refractivity contribution in [3.63, 3.8) is 0 Å². The van der Waals surface area contributed by atoms with Crippen LogP contribution >= 0.6 is 0 Å². The van der Waals surface area contributed by atoms with Crippen LogP contribution in [0.5, 0.6) is 0 Å². The summed E-state index contributed by atoms with van der Waals surface area (Å²) < 4.78 is 15.1. The van der Waals surface area contributed by atoms with Crippen LogP contribution in [0.3, 0.4) is 0 Å². The largest absolute Gasteiger partial charge is 0.477 e. The maximum Gasteiger partial charge on any atom is 0.341 e. The molecule has 5 nitrogen and oxygen atoms in total. The molecule has 1 aromatic carbocycles. The van der Waals surface area contributed by atoms with E-state index in [0.717, 1.165) is 12.1 Å². The van der Waals surface area contributed by atoms with Gasteiger partial charge in [0.05, 0.1) is 10.9 Å². The molecule has 0 aliphatic carbocycles. The van der Waals surface area contributed by atoms with E-state index in [1.165, 1.54) is 6.20 Å². The highest BCUT2D eigenvalue weighted by molar-refractivity contribution is 6.09. The van der Waals surface area contributed by atoms with Crippen LogP contribution in [-0.4, -0.2) is 21.4 Å². The average Bonchev–Trinajstić information content (AvgIpc) is 2.37. The summed E-state index contributed by atoms with van der Waals surface area (Å²) in [5, 5.41) is 9.00. The Bertz CT molecular complexity index is 837. The van der Waals surface area contributed by atoms with Gasteiger partial charge in [-0.05, 0) is 19.1 Å². The number of carbonyl (C=O) groups is 2. The third kappa shape index (κ3) is 1.57. The fourth-order valence-corrected chi connectivity index (χ4v) is 2.65. The zero-order valence-corrected chi connectivity index (χ0v) is 10.5. The molecule has 2 aromatic rings. The minimum Gasteiger partial charge on any atom is -0.477 e. The van der Waals surface area contributed by atoms with Crippen LogP contribution in [0.1, 0.15) is 40.1 Å². The van der Waals surface area contributed by atoms with Crippen LogP contribution < -0.4 is 5.43 Å². The zero-order chi connectivity index (χ0) is 14.6. The van der Waals surface area contributed by atoms with Gasteiger partial charge in [-0.15, -0.1) is 0 Å². The van der Waals surface area contributed by atoms with Crippen molar-refractivity contribution >= 4 is 22.7 Å². The van der Waals surface area contributed by atoms with E-state index in [2.05, 4.69) is 0 Å². The smallest absolute Gasteiger partial charge is 0.341 e. The van der Waals surface area contributed by atoms with Gasteiger partial charge in [0.2, 0.25) is 5.43 Å². The molecule has 0 saturated heterocycles. The van der Waals surface area contributed by atoms with Gasteiger partial charge < -0.3 is 9.67 Å². The minimum atomic E-state index is -1.37. The predicted molar refractivity (Wildman–Crippen MR) is 68.8 cm³/mol. The van der Waals surface area contributed by atoms with Crippen molar-refractivity contribution in [3.8, 4) is 0 Å². The quantitative estimate of drug-likeness (QED) is 0.863. The Kier molecular flexibility index (Phi) is 2.50. The number of aromatic carboxylic acids is 1. The minimum absolute atomic E-state index is 0.0696. The van der Waals surface area contributed by atoms with Gasteiger partial charge in [-0.1, -0.05) is 0 Å². The summed E-state index contributed by atoms with van der Waals surface area (Å²) in [4.78, 5) is 35.2. The molecule has 6 heteroatoms. The van der Waals surface area contributed by atoms with Crippen LogP contribution in [0.4, 0.5) is 4.39 Å². The molecule has 20 heavy (non-hydrogen) atoms. The summed E-state index contributed by atoms with van der Waals surface area (Å²) in [6.45, 7) is 1.75. The first kappa shape index (κ1) is 12.5. The number of carbonyl (C=O) groups excluding carboxylic acids is 1. The molecule has 1 unspecified atom stereocenters. The first-order valence-corrected chi connectivity index (χ1v) is 6.05. The molecular formula is C14H10FNO4. The standard InChI is InChI=1S/C14H10FNO4/c1-6-2-11(17)8-3-7(15)4-9-12(8)16(6)5-10(13(9)18)14(19)20/h3-6H,2H2,1H3,(H,19,20). The maximum absolute atomic E-state index is 13.6. The second kappa shape index (κ2) is 4.00. The summed E-state index contributed by atoms with van der Waals surface area (Å²) in [7, 11) is 0. The van der Waals surface area contributed by atoms with Gasteiger partial charge in [-0.2, -0.15) is 0 Å². The number of hydrogen-bond donors (Lipinski definition) is 1. The maximum atomic E-state index is 13.6. The lowest BCUT2D eigenvalue weighted by Crippen LogP contribution is -2.26. The molecule has 0 radical (unpaired) electrons. The lowest BCUT2D eigenvalue weighted by molar-refractivity contribution is 0.0694. The third-order valence-electron chi connectivity index (χ3n) is 3.58. The molecular weight excluding hydrogens is 265 g/mol. The molecule has 0 amide bonds. The second-order valence-electron chi connectivity index (χ2n) is 4.91. The van der Waals surface area contributed by atoms with Crippen LogP contribution in [-0.2, 0) is 0 Å². The van der Waals surface area contributed by atoms with Crippen LogP contribution in [0.15, 0.2) is 23.1 Å². The number of carboxylic acids is 1. The van der Waals surface area contributed by atoms with Gasteiger partial charge in [0.15, 0.2) is 5.78 Å². The topological polar surface area (TPSA) is 76.4 Å². The Balaban J connectivity index is 2.58. The van der Waals surface area contributed by atoms with E-state index in [-0.39, 0.29) is 29.2 Å². The van der Waals surface area contributed by atoms with Gasteiger partial charge in [0.1, 0.15) is 11.4 Å². The van der Waals surface area contributed by atoms with Crippen molar-refractivity contribution in [2.45, 2.75) is 19.4 Å². The summed E-state index contributed by atoms with van der Waals surface area (Å²) in [6, 6.07) is 1.80. The molecule has 1 aliphatic rings. The lowest BCUT2D eigenvalue weighted by atomic mass is 9.95. The fourth-order valence-electron chi connectivity index (χ4n) is 2.65. The number of ketones is 1. The van der Waals surface area contributed by atoms with E-state index in [9.17, 15) is 18.8 Å². The van der Waals surface area contributed by atoms with Crippen LogP contribution in [0, 0.1) is 5.82 Å². The number of Topliss-reactive ketones (excluding diaryl/α,β-unsaturated/α-hetero) is 1. The number of benzene rings is 1. The molecule has 0 spiro atoms. The van der Waals surface area contributed by atoms with E-state index in [0.29, 0.717) is 5.52 Å². The monoisotopic (exact) mass is 275 g/mol. The van der Waals surface area contributed by atoms with E-state index in [1.807, 2.05) is 0 Å². The van der Waals surface area contributed by atoms with Crippen molar-refractivity contribution < 1.29 is 19.1 Å². The predicted octanol–water partition coefficient (Wildman–Crippen LogP) is 1.99. The number of nitrogens with zero attached hydrogens (tertiary/aromatic N) is 1. The van der Waals surface area contributed by atoms with Crippen molar-refractivity contribution in [1.82, 2.24) is 4.57 Å². The number of halogens is 1. The highest BCUT2D eigenvalue weighted by Gasteiger charge is 2.27. The molecule has 1 aliphatic heterocycles. The Morgan fingerprint density at radius 3 is 2.75 bits per heavy atom. The van der Waals surface area contributed by atoms with E-state index in [1.54, 1.807) is 11.5 Å². The van der Waals surface area contributed by atoms with E-state index < -0.39 is 22.8 Å². The molecule has 0 saturated carbocycles. The first-order chi connectivity index (χ1) is 9.40. The van der Waals surface area contributed by atoms with E-state index >= 15 is 0 Å². The normalized spacial score (nSPS) is 17.5. The number of aromatic nitrogens is 1. The van der Waals surface area contributed by atoms with Gasteiger partial charge in [0.25, 0.3) is 0 Å². The summed E-state index contributed by atoms with van der Waals surface area (Å²) in [5.74, 6) is -2.33. The molecule has 1 N–H and O–H groups in total. The van der Waals surface area contributed by atoms with Gasteiger partial charge in [-0.3, -0.25) is 9.59 Å². The van der Waals surface area contributed by atoms with Crippen molar-refractivity contribution in [1.29, 1.82) is 0 Å². The molecule has 0 fully saturated rings. The second-order valence-corrected chi connectivity index (χ2v) is 4.91. The number of carboxylic acid groups (broad SMARTS) is 1. The van der Waals surface area contributed by atoms with Crippen LogP contribution in [0.25, 0.3) is 10.9 Å². The fraction of sp³-hybridized carbons (Fsp3) is 0.214. The molecule has 3 rings (SSSR count). The Hall–Kier alpha value is -2.50. The lowest BCUT2D eigenvalue weighted by Gasteiger charge is -2.25. The number of pyridine rings is 1. The number of rotatable bonds is 1. The molecule has 2 heterocycles. The Morgan fingerprint density at radius 2 is 2.10 bits per heavy atom. The Labute approximate surface area is 112 Å². The van der Waals surface area contributed by atoms with Gasteiger partial charge in [0, 0.05) is 24.2 Å². The third-order valence-corrected chi connectivity index (χ3v) is 3.58. The molecule has 1 aromatic heterocycles. The molecule has 0 bridgehead atoms.